The van der Waals surface area contributed by atoms with E-state index in [9.17, 15) is 0 Å². The Morgan fingerprint density at radius 2 is 1.58 bits per heavy atom. The van der Waals surface area contributed by atoms with Gasteiger partial charge < -0.3 is 0 Å². The molecule has 0 amide bonds. The first-order valence-electron chi connectivity index (χ1n) is 10.3. The minimum Gasteiger partial charge on any atom is -0.0602 e. The highest BCUT2D eigenvalue weighted by Crippen LogP contribution is 2.49. The second kappa shape index (κ2) is 8.07. The Balaban J connectivity index is 1.87. The summed E-state index contributed by atoms with van der Waals surface area (Å²) in [5.74, 6) is 0. The fraction of sp³-hybridized carbons (Fsp3) is 0.750. The van der Waals surface area contributed by atoms with Crippen molar-refractivity contribution in [3.05, 3.63) is 34.4 Å². The first-order valence-corrected chi connectivity index (χ1v) is 10.3. The number of hydrogen-bond donors (Lipinski definition) is 0. The zero-order valence-electron chi connectivity index (χ0n) is 17.2. The molecule has 0 aromatic heterocycles. The van der Waals surface area contributed by atoms with Crippen molar-refractivity contribution in [2.75, 3.05) is 0 Å². The summed E-state index contributed by atoms with van der Waals surface area (Å²) in [5.41, 5.74) is 7.46. The third-order valence-electron chi connectivity index (χ3n) is 5.89. The van der Waals surface area contributed by atoms with Gasteiger partial charge in [0.15, 0.2) is 0 Å². The third kappa shape index (κ3) is 6.61. The molecule has 24 heavy (non-hydrogen) atoms. The van der Waals surface area contributed by atoms with E-state index in [1.54, 1.807) is 11.1 Å². The maximum atomic E-state index is 2.46. The summed E-state index contributed by atoms with van der Waals surface area (Å²) >= 11 is 0. The van der Waals surface area contributed by atoms with Crippen molar-refractivity contribution in [1.82, 2.24) is 0 Å². The highest BCUT2D eigenvalue weighted by Gasteiger charge is 2.35. The zero-order valence-corrected chi connectivity index (χ0v) is 17.2. The van der Waals surface area contributed by atoms with Crippen molar-refractivity contribution in [3.63, 3.8) is 0 Å². The normalized spacial score (nSPS) is 16.4. The van der Waals surface area contributed by atoms with Crippen LogP contribution in [-0.4, -0.2) is 0 Å². The van der Waals surface area contributed by atoms with Gasteiger partial charge in [0.25, 0.3) is 0 Å². The second-order valence-corrected chi connectivity index (χ2v) is 10.0. The van der Waals surface area contributed by atoms with Crippen molar-refractivity contribution in [2.45, 2.75) is 106 Å². The molecule has 0 unspecified atom stereocenters. The number of unbranched alkanes of at least 4 members (excludes halogenated alkanes) is 2. The van der Waals surface area contributed by atoms with Crippen LogP contribution in [-0.2, 0) is 12.8 Å². The molecular formula is C24H40. The standard InChI is InChI=1S/C24H40/c1-19-17-20(2)22(12-8-9-13-23(3,4)5)21(18-19)11-7-10-14-24(6)15-16-24/h17-18H,7-16H2,1-6H3. The predicted octanol–water partition coefficient (Wildman–Crippen LogP) is 7.58. The molecule has 0 saturated heterocycles. The van der Waals surface area contributed by atoms with Gasteiger partial charge in [0.2, 0.25) is 0 Å². The number of hydrogen-bond acceptors (Lipinski definition) is 0. The number of rotatable bonds is 9. The van der Waals surface area contributed by atoms with Crippen LogP contribution in [0.25, 0.3) is 0 Å². The molecule has 0 N–H and O–H groups in total. The maximum Gasteiger partial charge on any atom is -0.0274 e. The molecule has 1 aliphatic rings. The van der Waals surface area contributed by atoms with Crippen LogP contribution in [0.2, 0.25) is 0 Å². The first-order chi connectivity index (χ1) is 11.2. The van der Waals surface area contributed by atoms with Crippen molar-refractivity contribution in [2.24, 2.45) is 10.8 Å². The van der Waals surface area contributed by atoms with Crippen LogP contribution in [0.3, 0.4) is 0 Å². The van der Waals surface area contributed by atoms with E-state index < -0.39 is 0 Å². The highest BCUT2D eigenvalue weighted by molar-refractivity contribution is 5.38. The quantitative estimate of drug-likeness (QED) is 0.410. The lowest BCUT2D eigenvalue weighted by Gasteiger charge is -2.19. The van der Waals surface area contributed by atoms with Crippen LogP contribution >= 0.6 is 0 Å². The van der Waals surface area contributed by atoms with E-state index in [2.05, 4.69) is 53.7 Å². The third-order valence-corrected chi connectivity index (χ3v) is 5.89. The van der Waals surface area contributed by atoms with E-state index in [1.165, 1.54) is 75.3 Å². The van der Waals surface area contributed by atoms with E-state index in [0.29, 0.717) is 5.41 Å². The summed E-state index contributed by atoms with van der Waals surface area (Å²) in [5, 5.41) is 0. The van der Waals surface area contributed by atoms with E-state index in [1.807, 2.05) is 0 Å². The highest BCUT2D eigenvalue weighted by atomic mass is 14.4. The Labute approximate surface area is 151 Å². The fourth-order valence-electron chi connectivity index (χ4n) is 3.95. The predicted molar refractivity (Wildman–Crippen MR) is 108 cm³/mol. The molecule has 0 nitrogen and oxygen atoms in total. The lowest BCUT2D eigenvalue weighted by atomic mass is 9.87. The Kier molecular flexibility index (Phi) is 6.57. The van der Waals surface area contributed by atoms with Crippen molar-refractivity contribution >= 4 is 0 Å². The van der Waals surface area contributed by atoms with Crippen LogP contribution in [0.1, 0.15) is 101 Å². The van der Waals surface area contributed by atoms with Gasteiger partial charge in [-0.05, 0) is 92.7 Å². The molecule has 1 saturated carbocycles. The van der Waals surface area contributed by atoms with Crippen molar-refractivity contribution in [1.29, 1.82) is 0 Å². The molecule has 0 heterocycles. The molecular weight excluding hydrogens is 288 g/mol. The van der Waals surface area contributed by atoms with Gasteiger partial charge in [-0.1, -0.05) is 58.2 Å². The van der Waals surface area contributed by atoms with Gasteiger partial charge >= 0.3 is 0 Å². The summed E-state index contributed by atoms with van der Waals surface area (Å²) in [6, 6.07) is 4.85. The topological polar surface area (TPSA) is 0 Å². The van der Waals surface area contributed by atoms with E-state index in [4.69, 9.17) is 0 Å². The molecule has 0 aliphatic heterocycles. The molecule has 1 aromatic rings. The van der Waals surface area contributed by atoms with E-state index >= 15 is 0 Å². The monoisotopic (exact) mass is 328 g/mol. The van der Waals surface area contributed by atoms with Gasteiger partial charge in [-0.25, -0.2) is 0 Å². The molecule has 0 bridgehead atoms. The van der Waals surface area contributed by atoms with E-state index in [-0.39, 0.29) is 0 Å². The van der Waals surface area contributed by atoms with Gasteiger partial charge in [-0.2, -0.15) is 0 Å². The van der Waals surface area contributed by atoms with Crippen LogP contribution < -0.4 is 0 Å². The van der Waals surface area contributed by atoms with Crippen LogP contribution in [0.5, 0.6) is 0 Å². The average Bonchev–Trinajstić information content (AvgIpc) is 3.18. The lowest BCUT2D eigenvalue weighted by Crippen LogP contribution is -2.05. The van der Waals surface area contributed by atoms with Gasteiger partial charge in [-0.15, -0.1) is 0 Å². The Morgan fingerprint density at radius 3 is 2.21 bits per heavy atom. The molecule has 1 aliphatic carbocycles. The molecule has 0 heteroatoms. The molecule has 0 atom stereocenters. The average molecular weight is 329 g/mol. The summed E-state index contributed by atoms with van der Waals surface area (Å²) in [6.45, 7) is 14.1. The van der Waals surface area contributed by atoms with Crippen LogP contribution in [0.4, 0.5) is 0 Å². The van der Waals surface area contributed by atoms with Crippen molar-refractivity contribution in [3.8, 4) is 0 Å². The van der Waals surface area contributed by atoms with E-state index in [0.717, 1.165) is 5.41 Å². The Hall–Kier alpha value is -0.780. The molecule has 1 fully saturated rings. The molecule has 0 radical (unpaired) electrons. The minimum absolute atomic E-state index is 0.476. The van der Waals surface area contributed by atoms with Gasteiger partial charge in [0.05, 0.1) is 0 Å². The first kappa shape index (κ1) is 19.5. The molecule has 2 rings (SSSR count). The summed E-state index contributed by atoms with van der Waals surface area (Å²) in [7, 11) is 0. The van der Waals surface area contributed by atoms with Gasteiger partial charge in [0, 0.05) is 0 Å². The van der Waals surface area contributed by atoms with Gasteiger partial charge in [-0.3, -0.25) is 0 Å². The second-order valence-electron chi connectivity index (χ2n) is 10.0. The number of aryl methyl sites for hydroxylation is 3. The SMILES string of the molecule is Cc1cc(C)c(CCCCC(C)(C)C)c(CCCCC2(C)CC2)c1. The summed E-state index contributed by atoms with van der Waals surface area (Å²) < 4.78 is 0. The fourth-order valence-corrected chi connectivity index (χ4v) is 3.95. The van der Waals surface area contributed by atoms with Crippen molar-refractivity contribution < 1.29 is 0 Å². The minimum atomic E-state index is 0.476. The molecule has 1 aromatic carbocycles. The largest absolute Gasteiger partial charge is 0.0602 e. The summed E-state index contributed by atoms with van der Waals surface area (Å²) in [4.78, 5) is 0. The molecule has 136 valence electrons. The Morgan fingerprint density at radius 1 is 0.917 bits per heavy atom. The zero-order chi connectivity index (χ0) is 17.8. The van der Waals surface area contributed by atoms with Crippen LogP contribution in [0.15, 0.2) is 12.1 Å². The van der Waals surface area contributed by atoms with Gasteiger partial charge in [0.1, 0.15) is 0 Å². The summed E-state index contributed by atoms with van der Waals surface area (Å²) in [6.07, 6.45) is 13.7. The maximum absolute atomic E-state index is 2.46. The van der Waals surface area contributed by atoms with Crippen LogP contribution in [0, 0.1) is 24.7 Å². The smallest absolute Gasteiger partial charge is 0.0274 e. The molecule has 0 spiro atoms. The lowest BCUT2D eigenvalue weighted by molar-refractivity contribution is 0.360. The Bertz CT molecular complexity index is 526. The number of benzene rings is 1.